The third kappa shape index (κ3) is 28.7. The van der Waals surface area contributed by atoms with Crippen molar-refractivity contribution in [1.29, 1.82) is 0 Å². The van der Waals surface area contributed by atoms with Gasteiger partial charge in [0.25, 0.3) is 0 Å². The van der Waals surface area contributed by atoms with Gasteiger partial charge in [0.05, 0.1) is 13.0 Å². The molecule has 1 aromatic carbocycles. The van der Waals surface area contributed by atoms with Crippen LogP contribution in [0, 0.1) is 17.8 Å². The average Bonchev–Trinajstić information content (AvgIpc) is 2.70. The van der Waals surface area contributed by atoms with Gasteiger partial charge in [0.2, 0.25) is 0 Å². The van der Waals surface area contributed by atoms with Crippen LogP contribution in [0.15, 0.2) is 30.3 Å². The van der Waals surface area contributed by atoms with E-state index in [1.54, 1.807) is 20.1 Å². The number of hydrogen-bond donors (Lipinski definition) is 1. The molecular formula is C25H48O4S. The van der Waals surface area contributed by atoms with Crippen molar-refractivity contribution in [2.24, 2.45) is 17.8 Å². The van der Waals surface area contributed by atoms with E-state index in [4.69, 9.17) is 4.74 Å². The van der Waals surface area contributed by atoms with Gasteiger partial charge in [-0.1, -0.05) is 92.6 Å². The zero-order valence-corrected chi connectivity index (χ0v) is 22.4. The number of methoxy groups -OCH3 is 1. The molecule has 0 saturated heterocycles. The lowest BCUT2D eigenvalue weighted by Crippen LogP contribution is -2.24. The van der Waals surface area contributed by atoms with Crippen molar-refractivity contribution in [2.75, 3.05) is 13.4 Å². The number of esters is 2. The Labute approximate surface area is 192 Å². The highest BCUT2D eigenvalue weighted by Crippen LogP contribution is 2.13. The quantitative estimate of drug-likeness (QED) is 0.398. The minimum Gasteiger partial charge on any atom is -0.469 e. The van der Waals surface area contributed by atoms with Gasteiger partial charge >= 0.3 is 11.9 Å². The van der Waals surface area contributed by atoms with Crippen LogP contribution in [0.3, 0.4) is 0 Å². The van der Waals surface area contributed by atoms with Crippen LogP contribution in [0.5, 0.6) is 0 Å². The van der Waals surface area contributed by atoms with Crippen molar-refractivity contribution < 1.29 is 19.1 Å². The lowest BCUT2D eigenvalue weighted by atomic mass is 9.99. The summed E-state index contributed by atoms with van der Waals surface area (Å²) in [6.45, 7) is 19.7. The Kier molecular flexibility index (Phi) is 30.6. The molecule has 4 nitrogen and oxygen atoms in total. The third-order valence-electron chi connectivity index (χ3n) is 3.01. The van der Waals surface area contributed by atoms with Crippen molar-refractivity contribution in [3.05, 3.63) is 35.9 Å². The van der Waals surface area contributed by atoms with E-state index in [1.165, 1.54) is 19.6 Å². The zero-order valence-electron chi connectivity index (χ0n) is 21.5. The fraction of sp³-hybridized carbons (Fsp3) is 0.680. The summed E-state index contributed by atoms with van der Waals surface area (Å²) in [5, 5.41) is 0. The van der Waals surface area contributed by atoms with E-state index in [2.05, 4.69) is 64.1 Å². The van der Waals surface area contributed by atoms with Crippen LogP contribution in [-0.2, 0) is 25.5 Å². The second-order valence-electron chi connectivity index (χ2n) is 7.49. The zero-order chi connectivity index (χ0) is 24.7. The van der Waals surface area contributed by atoms with Crippen molar-refractivity contribution >= 4 is 24.6 Å². The Balaban J connectivity index is -0.000000188. The molecule has 0 amide bonds. The maximum atomic E-state index is 10.9. The first kappa shape index (κ1) is 35.9. The van der Waals surface area contributed by atoms with E-state index in [-0.39, 0.29) is 24.0 Å². The summed E-state index contributed by atoms with van der Waals surface area (Å²) in [5.74, 6) is 0.823. The molecule has 0 saturated carbocycles. The van der Waals surface area contributed by atoms with Crippen LogP contribution in [0.1, 0.15) is 74.8 Å². The second-order valence-corrected chi connectivity index (χ2v) is 7.49. The van der Waals surface area contributed by atoms with E-state index < -0.39 is 0 Å². The first-order valence-corrected chi connectivity index (χ1v) is 11.6. The first-order chi connectivity index (χ1) is 14.0. The SMILES string of the molecule is CC.CC(=O)OC(Cc1ccccc1)C(C)C.CC(C)C.COC(=O)C(C)C.CS. The highest BCUT2D eigenvalue weighted by atomic mass is 32.1. The summed E-state index contributed by atoms with van der Waals surface area (Å²) < 4.78 is 9.65. The highest BCUT2D eigenvalue weighted by Gasteiger charge is 2.16. The van der Waals surface area contributed by atoms with Gasteiger partial charge in [-0.3, -0.25) is 9.59 Å². The Bertz CT molecular complexity index is 482. The number of thiol groups is 1. The summed E-state index contributed by atoms with van der Waals surface area (Å²) in [6.07, 6.45) is 2.46. The molecule has 0 radical (unpaired) electrons. The molecule has 1 aromatic rings. The predicted octanol–water partition coefficient (Wildman–Crippen LogP) is 6.87. The molecule has 1 atom stereocenters. The number of carbonyl (C=O) groups excluding carboxylic acids is 2. The smallest absolute Gasteiger partial charge is 0.308 e. The number of benzene rings is 1. The third-order valence-corrected chi connectivity index (χ3v) is 3.01. The van der Waals surface area contributed by atoms with Gasteiger partial charge in [-0.05, 0) is 23.7 Å². The van der Waals surface area contributed by atoms with Gasteiger partial charge in [0.1, 0.15) is 6.10 Å². The van der Waals surface area contributed by atoms with Crippen LogP contribution < -0.4 is 0 Å². The van der Waals surface area contributed by atoms with Crippen LogP contribution in [0.2, 0.25) is 0 Å². The fourth-order valence-electron chi connectivity index (χ4n) is 1.71. The summed E-state index contributed by atoms with van der Waals surface area (Å²) in [7, 11) is 1.39. The summed E-state index contributed by atoms with van der Waals surface area (Å²) >= 11 is 3.53. The fourth-order valence-corrected chi connectivity index (χ4v) is 1.71. The molecule has 0 aliphatic carbocycles. The first-order valence-electron chi connectivity index (χ1n) is 10.7. The molecular weight excluding hydrogens is 396 g/mol. The molecule has 178 valence electrons. The van der Waals surface area contributed by atoms with Gasteiger partial charge < -0.3 is 9.47 Å². The molecule has 1 rings (SSSR count). The van der Waals surface area contributed by atoms with Crippen LogP contribution in [-0.4, -0.2) is 31.4 Å². The van der Waals surface area contributed by atoms with Crippen molar-refractivity contribution in [1.82, 2.24) is 0 Å². The van der Waals surface area contributed by atoms with Gasteiger partial charge in [0, 0.05) is 13.3 Å². The number of hydrogen-bond acceptors (Lipinski definition) is 5. The van der Waals surface area contributed by atoms with Gasteiger partial charge in [-0.2, -0.15) is 12.6 Å². The monoisotopic (exact) mass is 444 g/mol. The Morgan fingerprint density at radius 3 is 1.53 bits per heavy atom. The molecule has 1 unspecified atom stereocenters. The molecule has 0 bridgehead atoms. The van der Waals surface area contributed by atoms with Crippen LogP contribution in [0.4, 0.5) is 0 Å². The molecule has 0 aliphatic heterocycles. The summed E-state index contributed by atoms with van der Waals surface area (Å²) in [4.78, 5) is 21.2. The van der Waals surface area contributed by atoms with Crippen molar-refractivity contribution in [3.8, 4) is 0 Å². The number of rotatable bonds is 5. The maximum Gasteiger partial charge on any atom is 0.308 e. The molecule has 0 aromatic heterocycles. The van der Waals surface area contributed by atoms with Crippen molar-refractivity contribution in [3.63, 3.8) is 0 Å². The largest absolute Gasteiger partial charge is 0.469 e. The lowest BCUT2D eigenvalue weighted by Gasteiger charge is -2.20. The Morgan fingerprint density at radius 1 is 0.900 bits per heavy atom. The molecule has 30 heavy (non-hydrogen) atoms. The van der Waals surface area contributed by atoms with Crippen molar-refractivity contribution in [2.45, 2.75) is 81.8 Å². The molecule has 0 N–H and O–H groups in total. The molecule has 0 fully saturated rings. The Morgan fingerprint density at radius 2 is 1.30 bits per heavy atom. The van der Waals surface area contributed by atoms with Gasteiger partial charge in [0.15, 0.2) is 0 Å². The lowest BCUT2D eigenvalue weighted by molar-refractivity contribution is -0.148. The van der Waals surface area contributed by atoms with Crippen LogP contribution >= 0.6 is 12.6 Å². The van der Waals surface area contributed by atoms with Crippen LogP contribution in [0.25, 0.3) is 0 Å². The minimum atomic E-state index is -0.204. The van der Waals surface area contributed by atoms with E-state index in [1.807, 2.05) is 32.0 Å². The molecule has 0 aliphatic rings. The van der Waals surface area contributed by atoms with E-state index >= 15 is 0 Å². The second kappa shape index (κ2) is 25.5. The summed E-state index contributed by atoms with van der Waals surface area (Å²) in [6, 6.07) is 10.1. The number of carbonyl (C=O) groups is 2. The summed E-state index contributed by atoms with van der Waals surface area (Å²) in [5.41, 5.74) is 1.21. The van der Waals surface area contributed by atoms with E-state index in [9.17, 15) is 9.59 Å². The predicted molar refractivity (Wildman–Crippen MR) is 134 cm³/mol. The highest BCUT2D eigenvalue weighted by molar-refractivity contribution is 7.79. The van der Waals surface area contributed by atoms with E-state index in [0.717, 1.165) is 12.3 Å². The van der Waals surface area contributed by atoms with E-state index in [0.29, 0.717) is 5.92 Å². The van der Waals surface area contributed by atoms with Gasteiger partial charge in [-0.25, -0.2) is 0 Å². The number of ether oxygens (including phenoxy) is 2. The minimum absolute atomic E-state index is 0.00463. The average molecular weight is 445 g/mol. The van der Waals surface area contributed by atoms with Gasteiger partial charge in [-0.15, -0.1) is 0 Å². The molecule has 0 spiro atoms. The topological polar surface area (TPSA) is 52.6 Å². The molecule has 0 heterocycles. The molecule has 5 heteroatoms. The maximum absolute atomic E-state index is 10.9. The standard InChI is InChI=1S/C13H18O2.C5H10O2.C4H10.C2H6.CH4S/c1-10(2)13(15-11(3)14)9-12-7-5-4-6-8-12;1-4(2)5(6)7-3;1-4(2)3;2*1-2/h4-8,10,13H,9H2,1-3H3;4H,1-3H3;4H,1-3H3;1-2H3;2H,1H3. The Hall–Kier alpha value is -1.49. The normalized spacial score (nSPS) is 10.0.